The molecule has 0 aliphatic heterocycles. The van der Waals surface area contributed by atoms with E-state index in [9.17, 15) is 9.90 Å². The Kier molecular flexibility index (Phi) is 5.39. The van der Waals surface area contributed by atoms with Gasteiger partial charge in [0, 0.05) is 28.5 Å². The number of carbonyl (C=O) groups is 1. The predicted molar refractivity (Wildman–Crippen MR) is 101 cm³/mol. The van der Waals surface area contributed by atoms with E-state index in [4.69, 9.17) is 16.3 Å². The van der Waals surface area contributed by atoms with Crippen LogP contribution in [0.3, 0.4) is 0 Å². The molecule has 0 spiro atoms. The van der Waals surface area contributed by atoms with Crippen molar-refractivity contribution in [2.24, 2.45) is 0 Å². The fourth-order valence-corrected chi connectivity index (χ4v) is 2.83. The Hall–Kier alpha value is -3.05. The number of ether oxygens (including phenoxy) is 1. The summed E-state index contributed by atoms with van der Waals surface area (Å²) in [5, 5.41) is 12.7. The lowest BCUT2D eigenvalue weighted by Gasteiger charge is -2.16. The van der Waals surface area contributed by atoms with Crippen molar-refractivity contribution in [1.29, 1.82) is 0 Å². The summed E-state index contributed by atoms with van der Waals surface area (Å²) in [5.74, 6) is 0.167. The zero-order chi connectivity index (χ0) is 18.5. The van der Waals surface area contributed by atoms with Crippen molar-refractivity contribution in [3.05, 3.63) is 77.6 Å². The molecule has 0 aliphatic rings. The Bertz CT molecular complexity index is 913. The number of aromatic nitrogens is 1. The van der Waals surface area contributed by atoms with Crippen LogP contribution in [0.15, 0.2) is 67.0 Å². The van der Waals surface area contributed by atoms with E-state index < -0.39 is 12.2 Å². The molecule has 2 N–H and O–H groups in total. The minimum atomic E-state index is -0.594. The number of rotatable bonds is 4. The molecule has 2 aromatic carbocycles. The van der Waals surface area contributed by atoms with Crippen LogP contribution in [0, 0.1) is 0 Å². The molecule has 1 heterocycles. The molecule has 3 rings (SSSR count). The molecule has 1 atom stereocenters. The number of benzene rings is 2. The van der Waals surface area contributed by atoms with E-state index in [1.165, 1.54) is 0 Å². The molecule has 0 saturated carbocycles. The van der Waals surface area contributed by atoms with E-state index in [-0.39, 0.29) is 5.75 Å². The van der Waals surface area contributed by atoms with Crippen LogP contribution < -0.4 is 5.32 Å². The lowest BCUT2D eigenvalue weighted by Crippen LogP contribution is -2.16. The van der Waals surface area contributed by atoms with E-state index in [0.29, 0.717) is 10.7 Å². The molecule has 0 radical (unpaired) electrons. The summed E-state index contributed by atoms with van der Waals surface area (Å²) in [6.45, 7) is 1.76. The first-order chi connectivity index (χ1) is 12.5. The minimum absolute atomic E-state index is 0.167. The Labute approximate surface area is 156 Å². The second-order valence-electron chi connectivity index (χ2n) is 5.66. The maximum absolute atomic E-state index is 12.3. The van der Waals surface area contributed by atoms with Gasteiger partial charge in [-0.3, -0.25) is 10.3 Å². The monoisotopic (exact) mass is 368 g/mol. The van der Waals surface area contributed by atoms with Gasteiger partial charge in [-0.05, 0) is 36.8 Å². The van der Waals surface area contributed by atoms with Crippen LogP contribution in [-0.2, 0) is 4.74 Å². The van der Waals surface area contributed by atoms with Gasteiger partial charge in [0.05, 0.1) is 5.69 Å². The standard InChI is InChI=1S/C20H17ClN2O3/c1-13(16-4-2-3-5-18(16)21)26-20(25)23-19-10-11-22-12-17(19)14-6-8-15(24)9-7-14/h2-13,24H,1H3,(H,22,23,25). The summed E-state index contributed by atoms with van der Waals surface area (Å²) in [6, 6.07) is 15.5. The first-order valence-corrected chi connectivity index (χ1v) is 8.38. The number of aromatic hydroxyl groups is 1. The molecule has 3 aromatic rings. The van der Waals surface area contributed by atoms with Crippen molar-refractivity contribution in [1.82, 2.24) is 4.98 Å². The number of nitrogens with zero attached hydrogens (tertiary/aromatic N) is 1. The van der Waals surface area contributed by atoms with Gasteiger partial charge < -0.3 is 9.84 Å². The lowest BCUT2D eigenvalue weighted by atomic mass is 10.1. The lowest BCUT2D eigenvalue weighted by molar-refractivity contribution is 0.121. The van der Waals surface area contributed by atoms with Crippen LogP contribution in [0.4, 0.5) is 10.5 Å². The number of amides is 1. The Morgan fingerprint density at radius 3 is 2.62 bits per heavy atom. The summed E-state index contributed by atoms with van der Waals surface area (Å²) in [6.07, 6.45) is 2.13. The SMILES string of the molecule is CC(OC(=O)Nc1ccncc1-c1ccc(O)cc1)c1ccccc1Cl. The molecule has 0 bridgehead atoms. The number of nitrogens with one attached hydrogen (secondary N) is 1. The third-order valence-corrected chi connectivity index (χ3v) is 4.21. The Balaban J connectivity index is 1.76. The van der Waals surface area contributed by atoms with Gasteiger partial charge in [-0.25, -0.2) is 4.79 Å². The molecule has 5 nitrogen and oxygen atoms in total. The molecule has 1 amide bonds. The molecule has 0 aliphatic carbocycles. The number of phenols is 1. The van der Waals surface area contributed by atoms with Gasteiger partial charge in [-0.15, -0.1) is 0 Å². The summed E-state index contributed by atoms with van der Waals surface area (Å²) in [7, 11) is 0. The smallest absolute Gasteiger partial charge is 0.412 e. The van der Waals surface area contributed by atoms with Gasteiger partial charge in [0.1, 0.15) is 11.9 Å². The highest BCUT2D eigenvalue weighted by molar-refractivity contribution is 6.31. The van der Waals surface area contributed by atoms with E-state index in [1.807, 2.05) is 18.2 Å². The molecular weight excluding hydrogens is 352 g/mol. The summed E-state index contributed by atoms with van der Waals surface area (Å²) >= 11 is 6.14. The van der Waals surface area contributed by atoms with Crippen molar-refractivity contribution in [3.63, 3.8) is 0 Å². The van der Waals surface area contributed by atoms with Gasteiger partial charge in [0.15, 0.2) is 0 Å². The van der Waals surface area contributed by atoms with Gasteiger partial charge in [0.25, 0.3) is 0 Å². The van der Waals surface area contributed by atoms with Crippen LogP contribution in [0.25, 0.3) is 11.1 Å². The van der Waals surface area contributed by atoms with Crippen LogP contribution in [0.1, 0.15) is 18.6 Å². The van der Waals surface area contributed by atoms with Gasteiger partial charge >= 0.3 is 6.09 Å². The van der Waals surface area contributed by atoms with Gasteiger partial charge in [0.2, 0.25) is 0 Å². The number of hydrogen-bond donors (Lipinski definition) is 2. The van der Waals surface area contributed by atoms with Crippen LogP contribution in [-0.4, -0.2) is 16.2 Å². The van der Waals surface area contributed by atoms with Crippen molar-refractivity contribution >= 4 is 23.4 Å². The molecule has 1 unspecified atom stereocenters. The number of pyridine rings is 1. The van der Waals surface area contributed by atoms with E-state index >= 15 is 0 Å². The number of halogens is 1. The fraction of sp³-hybridized carbons (Fsp3) is 0.100. The maximum atomic E-state index is 12.3. The number of hydrogen-bond acceptors (Lipinski definition) is 4. The third-order valence-electron chi connectivity index (χ3n) is 3.86. The summed E-state index contributed by atoms with van der Waals surface area (Å²) in [5.41, 5.74) is 2.82. The number of carbonyl (C=O) groups excluding carboxylic acids is 1. The first kappa shape index (κ1) is 17.8. The molecule has 1 aromatic heterocycles. The zero-order valence-electron chi connectivity index (χ0n) is 14.0. The summed E-state index contributed by atoms with van der Waals surface area (Å²) in [4.78, 5) is 16.4. The highest BCUT2D eigenvalue weighted by Crippen LogP contribution is 2.29. The van der Waals surface area contributed by atoms with Crippen molar-refractivity contribution in [3.8, 4) is 16.9 Å². The first-order valence-electron chi connectivity index (χ1n) is 8.00. The highest BCUT2D eigenvalue weighted by Gasteiger charge is 2.16. The number of phenolic OH excluding ortho intramolecular Hbond substituents is 1. The van der Waals surface area contributed by atoms with E-state index in [2.05, 4.69) is 10.3 Å². The third kappa shape index (κ3) is 4.13. The molecule has 6 heteroatoms. The van der Waals surface area contributed by atoms with Gasteiger partial charge in [-0.2, -0.15) is 0 Å². The normalized spacial score (nSPS) is 11.6. The van der Waals surface area contributed by atoms with E-state index in [0.717, 1.165) is 16.7 Å². The molecule has 0 saturated heterocycles. The average Bonchev–Trinajstić information content (AvgIpc) is 2.63. The van der Waals surface area contributed by atoms with Crippen LogP contribution in [0.2, 0.25) is 5.02 Å². The largest absolute Gasteiger partial charge is 0.508 e. The maximum Gasteiger partial charge on any atom is 0.412 e. The summed E-state index contributed by atoms with van der Waals surface area (Å²) < 4.78 is 5.44. The fourth-order valence-electron chi connectivity index (χ4n) is 2.54. The topological polar surface area (TPSA) is 71.5 Å². The molecule has 26 heavy (non-hydrogen) atoms. The minimum Gasteiger partial charge on any atom is -0.508 e. The predicted octanol–water partition coefficient (Wildman–Crippen LogP) is 5.42. The van der Waals surface area contributed by atoms with Crippen molar-refractivity contribution in [2.75, 3.05) is 5.32 Å². The van der Waals surface area contributed by atoms with Crippen LogP contribution >= 0.6 is 11.6 Å². The second-order valence-corrected chi connectivity index (χ2v) is 6.07. The second kappa shape index (κ2) is 7.89. The Morgan fingerprint density at radius 2 is 1.88 bits per heavy atom. The molecule has 132 valence electrons. The quantitative estimate of drug-likeness (QED) is 0.645. The Morgan fingerprint density at radius 1 is 1.15 bits per heavy atom. The van der Waals surface area contributed by atoms with Crippen LogP contribution in [0.5, 0.6) is 5.75 Å². The number of anilines is 1. The molecular formula is C20H17ClN2O3. The van der Waals surface area contributed by atoms with E-state index in [1.54, 1.807) is 55.7 Å². The highest BCUT2D eigenvalue weighted by atomic mass is 35.5. The van der Waals surface area contributed by atoms with Crippen molar-refractivity contribution < 1.29 is 14.6 Å². The molecule has 0 fully saturated rings. The zero-order valence-corrected chi connectivity index (χ0v) is 14.8. The van der Waals surface area contributed by atoms with Crippen molar-refractivity contribution in [2.45, 2.75) is 13.0 Å². The van der Waals surface area contributed by atoms with Gasteiger partial charge in [-0.1, -0.05) is 41.9 Å². The average molecular weight is 369 g/mol.